The summed E-state index contributed by atoms with van der Waals surface area (Å²) < 4.78 is 7.67. The first-order valence-corrected chi connectivity index (χ1v) is 12.4. The number of rotatable bonds is 11. The highest BCUT2D eigenvalue weighted by molar-refractivity contribution is 5.80. The van der Waals surface area contributed by atoms with Crippen LogP contribution in [0.3, 0.4) is 0 Å². The van der Waals surface area contributed by atoms with Gasteiger partial charge in [0.2, 0.25) is 0 Å². The number of aryl methyl sites for hydroxylation is 2. The summed E-state index contributed by atoms with van der Waals surface area (Å²) in [7, 11) is 0. The van der Waals surface area contributed by atoms with Crippen LogP contribution in [-0.4, -0.2) is 61.1 Å². The number of aliphatic hydroxyl groups excluding tert-OH is 1. The van der Waals surface area contributed by atoms with E-state index in [0.29, 0.717) is 31.6 Å². The lowest BCUT2D eigenvalue weighted by Crippen LogP contribution is -2.34. The van der Waals surface area contributed by atoms with Crippen LogP contribution in [0.4, 0.5) is 0 Å². The van der Waals surface area contributed by atoms with E-state index in [4.69, 9.17) is 4.74 Å². The Kier molecular flexibility index (Phi) is 8.07. The number of aromatic amines is 1. The predicted molar refractivity (Wildman–Crippen MR) is 131 cm³/mol. The van der Waals surface area contributed by atoms with Gasteiger partial charge < -0.3 is 14.8 Å². The van der Waals surface area contributed by atoms with Crippen LogP contribution in [0.5, 0.6) is 0 Å². The van der Waals surface area contributed by atoms with Crippen LogP contribution in [-0.2, 0) is 17.8 Å². The highest BCUT2D eigenvalue weighted by atomic mass is 16.5. The summed E-state index contributed by atoms with van der Waals surface area (Å²) in [5, 5.41) is 23.2. The van der Waals surface area contributed by atoms with Gasteiger partial charge in [-0.1, -0.05) is 13.3 Å². The van der Waals surface area contributed by atoms with Gasteiger partial charge in [-0.3, -0.25) is 9.69 Å². The molecule has 1 aromatic carbocycles. The lowest BCUT2D eigenvalue weighted by atomic mass is 10.0. The minimum atomic E-state index is -0.0843. The van der Waals surface area contributed by atoms with Crippen LogP contribution in [0, 0.1) is 13.8 Å². The molecular weight excluding hydrogens is 432 g/mol. The van der Waals surface area contributed by atoms with E-state index in [0.717, 1.165) is 54.6 Å². The molecule has 34 heavy (non-hydrogen) atoms. The molecule has 2 N–H and O–H groups in total. The number of nitrogens with one attached hydrogen (secondary N) is 1. The minimum absolute atomic E-state index is 0.0668. The van der Waals surface area contributed by atoms with Crippen molar-refractivity contribution in [2.75, 3.05) is 19.8 Å². The second-order valence-electron chi connectivity index (χ2n) is 9.35. The zero-order chi connectivity index (χ0) is 24.1. The molecule has 9 nitrogen and oxygen atoms in total. The Hall–Kier alpha value is -2.62. The van der Waals surface area contributed by atoms with E-state index in [1.807, 2.05) is 23.7 Å². The van der Waals surface area contributed by atoms with Crippen molar-refractivity contribution in [3.8, 4) is 0 Å². The number of hydrogen-bond donors (Lipinski definition) is 2. The van der Waals surface area contributed by atoms with Gasteiger partial charge in [-0.25, -0.2) is 4.68 Å². The minimum Gasteiger partial charge on any atom is -0.396 e. The molecule has 0 spiro atoms. The fourth-order valence-electron chi connectivity index (χ4n) is 4.79. The molecular formula is C25H36N6O3. The standard InChI is InChI=1S/C25H36N6O3/c1-4-7-23(24-27-28-29-31(24)16-21-8-5-11-34-21)30(9-6-10-32)15-20-14-19-12-17(2)18(3)13-22(19)26-25(20)33/h12-14,21,23,32H,4-11,15-16H2,1-3H3,(H,26,33). The molecule has 2 atom stereocenters. The van der Waals surface area contributed by atoms with Crippen LogP contribution in [0.15, 0.2) is 23.0 Å². The number of aliphatic hydroxyl groups is 1. The second kappa shape index (κ2) is 11.2. The largest absolute Gasteiger partial charge is 0.396 e. The smallest absolute Gasteiger partial charge is 0.252 e. The lowest BCUT2D eigenvalue weighted by molar-refractivity contribution is 0.0885. The second-order valence-corrected chi connectivity index (χ2v) is 9.35. The van der Waals surface area contributed by atoms with Crippen LogP contribution in [0.2, 0.25) is 0 Å². The highest BCUT2D eigenvalue weighted by Crippen LogP contribution is 2.27. The fraction of sp³-hybridized carbons (Fsp3) is 0.600. The topological polar surface area (TPSA) is 109 Å². The van der Waals surface area contributed by atoms with Crippen LogP contribution in [0.1, 0.15) is 67.6 Å². The third kappa shape index (κ3) is 5.54. The van der Waals surface area contributed by atoms with E-state index in [-0.39, 0.29) is 24.3 Å². The zero-order valence-electron chi connectivity index (χ0n) is 20.5. The number of aromatic nitrogens is 5. The quantitative estimate of drug-likeness (QED) is 0.445. The Morgan fingerprint density at radius 1 is 1.29 bits per heavy atom. The number of hydrogen-bond acceptors (Lipinski definition) is 7. The van der Waals surface area contributed by atoms with E-state index >= 15 is 0 Å². The van der Waals surface area contributed by atoms with Gasteiger partial charge in [-0.2, -0.15) is 0 Å². The van der Waals surface area contributed by atoms with Crippen LogP contribution >= 0.6 is 0 Å². The maximum Gasteiger partial charge on any atom is 0.252 e. The molecule has 2 aromatic heterocycles. The molecule has 0 aliphatic carbocycles. The Morgan fingerprint density at radius 3 is 2.85 bits per heavy atom. The summed E-state index contributed by atoms with van der Waals surface area (Å²) in [6.07, 6.45) is 4.60. The summed E-state index contributed by atoms with van der Waals surface area (Å²) in [4.78, 5) is 18.3. The first-order chi connectivity index (χ1) is 16.5. The molecule has 1 aliphatic rings. The van der Waals surface area contributed by atoms with Gasteiger partial charge in [0.15, 0.2) is 5.82 Å². The summed E-state index contributed by atoms with van der Waals surface area (Å²) in [5.74, 6) is 0.791. The van der Waals surface area contributed by atoms with Crippen molar-refractivity contribution < 1.29 is 9.84 Å². The molecule has 3 aromatic rings. The maximum absolute atomic E-state index is 13.0. The third-order valence-corrected chi connectivity index (χ3v) is 6.77. The molecule has 4 rings (SSSR count). The molecule has 1 fully saturated rings. The number of pyridine rings is 1. The lowest BCUT2D eigenvalue weighted by Gasteiger charge is -2.31. The Morgan fingerprint density at radius 2 is 2.12 bits per heavy atom. The van der Waals surface area contributed by atoms with Crippen molar-refractivity contribution >= 4 is 10.9 Å². The van der Waals surface area contributed by atoms with Gasteiger partial charge in [0, 0.05) is 37.4 Å². The molecule has 1 saturated heterocycles. The van der Waals surface area contributed by atoms with E-state index in [9.17, 15) is 9.90 Å². The Balaban J connectivity index is 1.66. The number of tetrazole rings is 1. The molecule has 2 unspecified atom stereocenters. The number of fused-ring (bicyclic) bond motifs is 1. The SMILES string of the molecule is CCCC(c1nnnn1CC1CCCO1)N(CCCO)Cc1cc2cc(C)c(C)cc2[nH]c1=O. The molecule has 0 saturated carbocycles. The van der Waals surface area contributed by atoms with Crippen molar-refractivity contribution in [3.63, 3.8) is 0 Å². The van der Waals surface area contributed by atoms with Crippen molar-refractivity contribution in [2.45, 2.75) is 78.1 Å². The van der Waals surface area contributed by atoms with Gasteiger partial charge in [0.1, 0.15) is 0 Å². The molecule has 0 bridgehead atoms. The summed E-state index contributed by atoms with van der Waals surface area (Å²) >= 11 is 0. The zero-order valence-corrected chi connectivity index (χ0v) is 20.5. The first kappa shape index (κ1) is 24.5. The van der Waals surface area contributed by atoms with E-state index in [1.54, 1.807) is 0 Å². The van der Waals surface area contributed by atoms with Gasteiger partial charge in [-0.15, -0.1) is 5.10 Å². The molecule has 3 heterocycles. The molecule has 184 valence electrons. The van der Waals surface area contributed by atoms with E-state index in [2.05, 4.69) is 45.3 Å². The average Bonchev–Trinajstić information content (AvgIpc) is 3.49. The van der Waals surface area contributed by atoms with Gasteiger partial charge in [-0.05, 0) is 84.7 Å². The third-order valence-electron chi connectivity index (χ3n) is 6.77. The monoisotopic (exact) mass is 468 g/mol. The Labute approximate surface area is 200 Å². The molecule has 1 aliphatic heterocycles. The fourth-order valence-corrected chi connectivity index (χ4v) is 4.79. The number of ether oxygens (including phenoxy) is 1. The predicted octanol–water partition coefficient (Wildman–Crippen LogP) is 3.04. The van der Waals surface area contributed by atoms with Crippen molar-refractivity contribution in [3.05, 3.63) is 51.1 Å². The maximum atomic E-state index is 13.0. The van der Waals surface area contributed by atoms with E-state index < -0.39 is 0 Å². The van der Waals surface area contributed by atoms with Gasteiger partial charge in [0.05, 0.1) is 18.7 Å². The number of benzene rings is 1. The van der Waals surface area contributed by atoms with Crippen molar-refractivity contribution in [2.24, 2.45) is 0 Å². The van der Waals surface area contributed by atoms with Crippen LogP contribution < -0.4 is 5.56 Å². The highest BCUT2D eigenvalue weighted by Gasteiger charge is 2.28. The van der Waals surface area contributed by atoms with Gasteiger partial charge in [0.25, 0.3) is 5.56 Å². The molecule has 0 radical (unpaired) electrons. The number of nitrogens with zero attached hydrogens (tertiary/aromatic N) is 5. The molecule has 0 amide bonds. The van der Waals surface area contributed by atoms with Crippen molar-refractivity contribution in [1.29, 1.82) is 0 Å². The van der Waals surface area contributed by atoms with Gasteiger partial charge >= 0.3 is 0 Å². The average molecular weight is 469 g/mol. The normalized spacial score (nSPS) is 17.1. The summed E-state index contributed by atoms with van der Waals surface area (Å²) in [6.45, 7) is 8.86. The molecule has 9 heteroatoms. The summed E-state index contributed by atoms with van der Waals surface area (Å²) in [5.41, 5.74) is 3.82. The van der Waals surface area contributed by atoms with Crippen molar-refractivity contribution in [1.82, 2.24) is 30.1 Å². The van der Waals surface area contributed by atoms with Crippen LogP contribution in [0.25, 0.3) is 10.9 Å². The first-order valence-electron chi connectivity index (χ1n) is 12.4. The summed E-state index contributed by atoms with van der Waals surface area (Å²) in [6, 6.07) is 6.07. The Bertz CT molecular complexity index is 1150. The van der Waals surface area contributed by atoms with E-state index in [1.165, 1.54) is 5.56 Å². The number of H-pyrrole nitrogens is 1.